The summed E-state index contributed by atoms with van der Waals surface area (Å²) in [5, 5.41) is 0. The first-order chi connectivity index (χ1) is 8.74. The molecule has 0 fully saturated rings. The number of esters is 2. The Bertz CT molecular complexity index is 478. The van der Waals surface area contributed by atoms with Crippen molar-refractivity contribution in [3.63, 3.8) is 0 Å². The summed E-state index contributed by atoms with van der Waals surface area (Å²) in [6.07, 6.45) is 3.50. The predicted octanol–water partition coefficient (Wildman–Crippen LogP) is 2.23. The van der Waals surface area contributed by atoms with Gasteiger partial charge in [0.1, 0.15) is 6.29 Å². The highest BCUT2D eigenvalue weighted by atomic mass is 16.6. The molecule has 0 N–H and O–H groups in total. The fourth-order valence-corrected chi connectivity index (χ4v) is 2.18. The number of cyclic esters (lactones) is 2. The highest BCUT2D eigenvalue weighted by Crippen LogP contribution is 2.31. The molecule has 1 aliphatic rings. The normalized spacial score (nSPS) is 18.1. The van der Waals surface area contributed by atoms with Crippen molar-refractivity contribution in [3.8, 4) is 0 Å². The molecule has 2 rings (SSSR count). The van der Waals surface area contributed by atoms with Crippen LogP contribution in [0.5, 0.6) is 0 Å². The van der Waals surface area contributed by atoms with Crippen LogP contribution in [0.15, 0.2) is 24.3 Å². The third-order valence-corrected chi connectivity index (χ3v) is 3.10. The Kier molecular flexibility index (Phi) is 3.87. The van der Waals surface area contributed by atoms with Crippen molar-refractivity contribution >= 4 is 18.2 Å². The molecule has 1 aliphatic heterocycles. The van der Waals surface area contributed by atoms with Crippen molar-refractivity contribution in [2.75, 3.05) is 0 Å². The summed E-state index contributed by atoms with van der Waals surface area (Å²) in [6.45, 7) is 0. The molecule has 0 saturated heterocycles. The van der Waals surface area contributed by atoms with E-state index in [1.54, 1.807) is 18.2 Å². The molecule has 0 saturated carbocycles. The maximum Gasteiger partial charge on any atom is 0.346 e. The van der Waals surface area contributed by atoms with Gasteiger partial charge in [0, 0.05) is 6.42 Å². The first kappa shape index (κ1) is 12.5. The Labute approximate surface area is 105 Å². The summed E-state index contributed by atoms with van der Waals surface area (Å²) in [5.74, 6) is -1.44. The summed E-state index contributed by atoms with van der Waals surface area (Å²) < 4.78 is 4.73. The van der Waals surface area contributed by atoms with Gasteiger partial charge in [-0.3, -0.25) is 4.79 Å². The minimum atomic E-state index is -0.570. The van der Waals surface area contributed by atoms with Gasteiger partial charge < -0.3 is 9.53 Å². The van der Waals surface area contributed by atoms with Gasteiger partial charge in [-0.15, -0.1) is 0 Å². The smallest absolute Gasteiger partial charge is 0.346 e. The molecular weight excluding hydrogens is 232 g/mol. The second kappa shape index (κ2) is 5.58. The van der Waals surface area contributed by atoms with Gasteiger partial charge in [0.15, 0.2) is 0 Å². The zero-order valence-corrected chi connectivity index (χ0v) is 9.93. The second-order valence-corrected chi connectivity index (χ2v) is 4.30. The van der Waals surface area contributed by atoms with Crippen molar-refractivity contribution in [1.29, 1.82) is 0 Å². The summed E-state index contributed by atoms with van der Waals surface area (Å²) in [5.41, 5.74) is 1.21. The maximum atomic E-state index is 11.7. The number of hydrogen-bond donors (Lipinski definition) is 0. The highest BCUT2D eigenvalue weighted by molar-refractivity contribution is 6.04. The van der Waals surface area contributed by atoms with Crippen molar-refractivity contribution in [2.45, 2.75) is 31.6 Å². The fraction of sp³-hybridized carbons (Fsp3) is 0.357. The summed E-state index contributed by atoms with van der Waals surface area (Å²) >= 11 is 0. The number of unbranched alkanes of at least 4 members (excludes halogenated alkanes) is 2. The van der Waals surface area contributed by atoms with Gasteiger partial charge in [-0.25, -0.2) is 4.79 Å². The minimum absolute atomic E-state index is 0.384. The van der Waals surface area contributed by atoms with Gasteiger partial charge in [0.2, 0.25) is 0 Å². The van der Waals surface area contributed by atoms with E-state index in [2.05, 4.69) is 0 Å². The molecule has 0 bridgehead atoms. The Balaban J connectivity index is 2.14. The van der Waals surface area contributed by atoms with Crippen LogP contribution < -0.4 is 0 Å². The molecular formula is C14H14O4. The maximum absolute atomic E-state index is 11.7. The Morgan fingerprint density at radius 2 is 1.94 bits per heavy atom. The average molecular weight is 246 g/mol. The average Bonchev–Trinajstić information content (AvgIpc) is 2.38. The lowest BCUT2D eigenvalue weighted by atomic mass is 9.88. The van der Waals surface area contributed by atoms with Crippen molar-refractivity contribution < 1.29 is 19.1 Å². The van der Waals surface area contributed by atoms with Crippen LogP contribution in [0.25, 0.3) is 0 Å². The van der Waals surface area contributed by atoms with E-state index >= 15 is 0 Å². The van der Waals surface area contributed by atoms with Gasteiger partial charge in [0.25, 0.3) is 0 Å². The van der Waals surface area contributed by atoms with Crippen LogP contribution in [0.4, 0.5) is 0 Å². The Hall–Kier alpha value is -1.97. The van der Waals surface area contributed by atoms with E-state index in [9.17, 15) is 14.4 Å². The molecule has 1 heterocycles. The topological polar surface area (TPSA) is 60.4 Å². The molecule has 0 aromatic heterocycles. The SMILES string of the molecule is O=CCCCCC1C(=O)OC(=O)c2ccccc21. The Morgan fingerprint density at radius 1 is 1.17 bits per heavy atom. The first-order valence-corrected chi connectivity index (χ1v) is 6.02. The number of carbonyl (C=O) groups is 3. The summed E-state index contributed by atoms with van der Waals surface area (Å²) in [4.78, 5) is 33.5. The molecule has 0 spiro atoms. The number of aldehydes is 1. The van der Waals surface area contributed by atoms with Gasteiger partial charge in [-0.05, 0) is 24.5 Å². The monoisotopic (exact) mass is 246 g/mol. The van der Waals surface area contributed by atoms with E-state index in [0.29, 0.717) is 18.4 Å². The predicted molar refractivity (Wildman–Crippen MR) is 64.1 cm³/mol. The zero-order valence-electron chi connectivity index (χ0n) is 9.93. The number of rotatable bonds is 5. The van der Waals surface area contributed by atoms with Gasteiger partial charge >= 0.3 is 11.9 Å². The van der Waals surface area contributed by atoms with E-state index in [4.69, 9.17) is 4.74 Å². The number of benzene rings is 1. The lowest BCUT2D eigenvalue weighted by Crippen LogP contribution is -2.27. The lowest BCUT2D eigenvalue weighted by Gasteiger charge is -2.22. The van der Waals surface area contributed by atoms with Crippen molar-refractivity contribution in [1.82, 2.24) is 0 Å². The number of carbonyl (C=O) groups excluding carboxylic acids is 3. The molecule has 4 heteroatoms. The van der Waals surface area contributed by atoms with Gasteiger partial charge in [-0.1, -0.05) is 24.6 Å². The molecule has 1 atom stereocenters. The molecule has 4 nitrogen and oxygen atoms in total. The van der Waals surface area contributed by atoms with E-state index in [-0.39, 0.29) is 5.92 Å². The number of hydrogen-bond acceptors (Lipinski definition) is 4. The van der Waals surface area contributed by atoms with Crippen LogP contribution >= 0.6 is 0 Å². The van der Waals surface area contributed by atoms with E-state index < -0.39 is 11.9 Å². The van der Waals surface area contributed by atoms with Crippen LogP contribution in [0.2, 0.25) is 0 Å². The molecule has 18 heavy (non-hydrogen) atoms. The summed E-state index contributed by atoms with van der Waals surface area (Å²) in [6, 6.07) is 7.02. The fourth-order valence-electron chi connectivity index (χ4n) is 2.18. The molecule has 0 aliphatic carbocycles. The van der Waals surface area contributed by atoms with Crippen molar-refractivity contribution in [2.24, 2.45) is 0 Å². The van der Waals surface area contributed by atoms with E-state index in [1.807, 2.05) is 6.07 Å². The van der Waals surface area contributed by atoms with E-state index in [0.717, 1.165) is 24.7 Å². The standard InChI is InChI=1S/C14H14O4/c15-9-5-1-2-7-11-10-6-3-4-8-12(10)14(17)18-13(11)16/h3-4,6,8-9,11H,1-2,5,7H2. The highest BCUT2D eigenvalue weighted by Gasteiger charge is 2.33. The Morgan fingerprint density at radius 3 is 2.72 bits per heavy atom. The first-order valence-electron chi connectivity index (χ1n) is 6.02. The molecule has 1 unspecified atom stereocenters. The third kappa shape index (κ3) is 2.47. The molecule has 0 radical (unpaired) electrons. The molecule has 1 aromatic rings. The second-order valence-electron chi connectivity index (χ2n) is 4.30. The van der Waals surface area contributed by atoms with Crippen LogP contribution in [-0.4, -0.2) is 18.2 Å². The van der Waals surface area contributed by atoms with Crippen LogP contribution in [-0.2, 0) is 14.3 Å². The number of fused-ring (bicyclic) bond motifs is 1. The quantitative estimate of drug-likeness (QED) is 0.346. The third-order valence-electron chi connectivity index (χ3n) is 3.10. The van der Waals surface area contributed by atoms with Crippen LogP contribution in [0.1, 0.15) is 47.5 Å². The molecule has 94 valence electrons. The van der Waals surface area contributed by atoms with Gasteiger partial charge in [-0.2, -0.15) is 0 Å². The number of ether oxygens (including phenoxy) is 1. The summed E-state index contributed by atoms with van der Waals surface area (Å²) in [7, 11) is 0. The molecule has 0 amide bonds. The molecule has 1 aromatic carbocycles. The largest absolute Gasteiger partial charge is 0.389 e. The van der Waals surface area contributed by atoms with Crippen molar-refractivity contribution in [3.05, 3.63) is 35.4 Å². The van der Waals surface area contributed by atoms with E-state index in [1.165, 1.54) is 0 Å². The van der Waals surface area contributed by atoms with Crippen LogP contribution in [0.3, 0.4) is 0 Å². The lowest BCUT2D eigenvalue weighted by molar-refractivity contribution is -0.140. The minimum Gasteiger partial charge on any atom is -0.389 e. The van der Waals surface area contributed by atoms with Gasteiger partial charge in [0.05, 0.1) is 11.5 Å². The zero-order chi connectivity index (χ0) is 13.0. The van der Waals surface area contributed by atoms with Crippen LogP contribution in [0, 0.1) is 0 Å².